The van der Waals surface area contributed by atoms with Crippen LogP contribution in [0.25, 0.3) is 0 Å². The van der Waals surface area contributed by atoms with Crippen molar-refractivity contribution >= 4 is 0 Å². The highest BCUT2D eigenvalue weighted by Gasteiger charge is 2.39. The minimum Gasteiger partial charge on any atom is -0.103 e. The van der Waals surface area contributed by atoms with Gasteiger partial charge in [-0.15, -0.1) is 46.1 Å². The van der Waals surface area contributed by atoms with Crippen LogP contribution >= 0.6 is 0 Å². The Labute approximate surface area is 755 Å². The zero-order valence-corrected chi connectivity index (χ0v) is 83.0. The smallest absolute Gasteiger partial charge is 0.0205 e. The molecular weight excluding hydrogens is 1430 g/mol. The summed E-state index contributed by atoms with van der Waals surface area (Å²) >= 11 is 0. The first-order valence-corrected chi connectivity index (χ1v) is 56.3. The van der Waals surface area contributed by atoms with Gasteiger partial charge in [-0.3, -0.25) is 0 Å². The molecule has 0 aromatic heterocycles. The summed E-state index contributed by atoms with van der Waals surface area (Å²) < 4.78 is 0. The quantitative estimate of drug-likeness (QED) is 0.0421. The molecule has 0 aromatic rings. The highest BCUT2D eigenvalue weighted by Crippen LogP contribution is 2.48. The predicted octanol–water partition coefficient (Wildman–Crippen LogP) is 44.2. The minimum absolute atomic E-state index is 0.668. The first-order valence-electron chi connectivity index (χ1n) is 56.3. The lowest BCUT2D eigenvalue weighted by Gasteiger charge is -2.44. The fourth-order valence-electron chi connectivity index (χ4n) is 21.1. The third-order valence-electron chi connectivity index (χ3n) is 28.9. The number of hydrogen-bond donors (Lipinski definition) is 0. The summed E-state index contributed by atoms with van der Waals surface area (Å²) in [4.78, 5) is 0. The molecule has 0 bridgehead atoms. The van der Waals surface area contributed by atoms with Gasteiger partial charge in [-0.05, 0) is 152 Å². The van der Waals surface area contributed by atoms with Crippen LogP contribution < -0.4 is 0 Å². The Hall–Kier alpha value is -1.82. The van der Waals surface area contributed by atoms with Crippen molar-refractivity contribution in [3.63, 3.8) is 0 Å². The van der Waals surface area contributed by atoms with Crippen molar-refractivity contribution in [2.24, 2.45) is 35.5 Å². The van der Waals surface area contributed by atoms with Crippen LogP contribution in [0, 0.1) is 35.5 Å². The molecule has 6 atom stereocenters. The van der Waals surface area contributed by atoms with Crippen LogP contribution in [0.2, 0.25) is 0 Å². The molecule has 0 amide bonds. The van der Waals surface area contributed by atoms with Crippen molar-refractivity contribution in [1.29, 1.82) is 0 Å². The Kier molecular flexibility index (Phi) is 102. The maximum absolute atomic E-state index is 5.02. The lowest BCUT2D eigenvalue weighted by molar-refractivity contribution is 0.0564. The lowest BCUT2D eigenvalue weighted by atomic mass is 9.61. The number of rotatable bonds is 109. The Balaban J connectivity index is 7.70. The van der Waals surface area contributed by atoms with E-state index in [1.165, 1.54) is 628 Å². The Morgan fingerprint density at radius 2 is 0.336 bits per heavy atom. The molecule has 0 nitrogen and oxygen atoms in total. The standard InChI is InChI=1S/C119H226/c1-10-17-23-29-35-40-45-50-55-60-68-75-83-90-98-106-114(16-7)116(109-101-93-85-77-70-61-56-51-46-41-36-30-24-18-11-2)118(111-103-95-87-79-72-63-58-53-48-43-38-32-26-20-13-4)119(112-104-96-88-80-73-64-59-54-49-44-39-33-27-21-14-5)117(110-102-94-86-78-71-62-57-52-47-42-37-31-25-19-12-3)115(107-99-91-81-34-28-22-15-6)108-100-92-84-76-69-66-65-67-74-82-89-97-105-113(8)9/h10-14,16,114-119H,1-5,7-8,15,17-112H2,6,9H3. The van der Waals surface area contributed by atoms with Gasteiger partial charge in [0.15, 0.2) is 0 Å². The van der Waals surface area contributed by atoms with Crippen LogP contribution in [0.5, 0.6) is 0 Å². The largest absolute Gasteiger partial charge is 0.103 e. The molecular formula is C119H226. The van der Waals surface area contributed by atoms with E-state index in [4.69, 9.17) is 6.58 Å². The summed E-state index contributed by atoms with van der Waals surface area (Å²) in [5.41, 5.74) is 1.36. The minimum atomic E-state index is 0.668. The SMILES string of the molecule is C=CCCCCCCCCCCCCCCCC(C=C)C(CCCCCCCCCCCCCCCC=C)C(CCCCCCCCCCCCCCCC=C)C(CCCCCCCCCCCCCCCC=C)C(CCCCCCCCCCCCCCCC=C)C(CCCCCCCCC)CCCCCCCCCCCCCCC(=C)C. The van der Waals surface area contributed by atoms with Crippen LogP contribution in [0.3, 0.4) is 0 Å². The van der Waals surface area contributed by atoms with E-state index in [-0.39, 0.29) is 0 Å². The summed E-state index contributed by atoms with van der Waals surface area (Å²) in [5.74, 6) is 4.97. The highest BCUT2D eigenvalue weighted by atomic mass is 14.4. The highest BCUT2D eigenvalue weighted by molar-refractivity contribution is 4.94. The molecule has 0 spiro atoms. The zero-order valence-electron chi connectivity index (χ0n) is 83.0. The summed E-state index contributed by atoms with van der Waals surface area (Å²) in [5, 5.41) is 0. The van der Waals surface area contributed by atoms with Gasteiger partial charge in [-0.2, -0.15) is 0 Å². The molecule has 0 aromatic carbocycles. The van der Waals surface area contributed by atoms with E-state index in [1.807, 2.05) is 0 Å². The molecule has 0 aliphatic heterocycles. The average molecular weight is 1660 g/mol. The van der Waals surface area contributed by atoms with Crippen molar-refractivity contribution in [1.82, 2.24) is 0 Å². The van der Waals surface area contributed by atoms with Crippen LogP contribution in [-0.4, -0.2) is 0 Å². The maximum Gasteiger partial charge on any atom is -0.0205 e. The van der Waals surface area contributed by atoms with Crippen molar-refractivity contribution in [3.8, 4) is 0 Å². The van der Waals surface area contributed by atoms with Gasteiger partial charge in [0.2, 0.25) is 0 Å². The normalized spacial score (nSPS) is 13.2. The molecule has 0 aliphatic rings. The first kappa shape index (κ1) is 117. The fraction of sp³-hybridized carbons (Fsp3) is 0.882. The zero-order chi connectivity index (χ0) is 85.9. The monoisotopic (exact) mass is 1660 g/mol. The second kappa shape index (κ2) is 103. The molecule has 0 radical (unpaired) electrons. The average Bonchev–Trinajstić information content (AvgIpc) is 0.813. The molecule has 0 saturated heterocycles. The lowest BCUT2D eigenvalue weighted by Crippen LogP contribution is -2.36. The summed E-state index contributed by atoms with van der Waals surface area (Å²) in [6.45, 7) is 33.6. The molecule has 6 unspecified atom stereocenters. The molecule has 0 saturated carbocycles. The summed E-state index contributed by atoms with van der Waals surface area (Å²) in [7, 11) is 0. The van der Waals surface area contributed by atoms with E-state index in [9.17, 15) is 0 Å². The predicted molar refractivity (Wildman–Crippen MR) is 550 cm³/mol. The summed E-state index contributed by atoms with van der Waals surface area (Å²) in [6, 6.07) is 0. The molecule has 119 heavy (non-hydrogen) atoms. The van der Waals surface area contributed by atoms with Gasteiger partial charge in [-0.1, -0.05) is 563 Å². The second-order valence-electron chi connectivity index (χ2n) is 40.3. The first-order chi connectivity index (χ1) is 58.9. The van der Waals surface area contributed by atoms with Crippen molar-refractivity contribution in [2.75, 3.05) is 0 Å². The van der Waals surface area contributed by atoms with Crippen LogP contribution in [0.15, 0.2) is 88.1 Å². The topological polar surface area (TPSA) is 0 Å². The second-order valence-corrected chi connectivity index (χ2v) is 40.3. The van der Waals surface area contributed by atoms with E-state index < -0.39 is 0 Å². The number of allylic oxidation sites excluding steroid dienone is 7. The molecule has 0 rings (SSSR count). The molecule has 702 valence electrons. The van der Waals surface area contributed by atoms with Crippen molar-refractivity contribution in [2.45, 2.75) is 637 Å². The van der Waals surface area contributed by atoms with Gasteiger partial charge in [0.25, 0.3) is 0 Å². The molecule has 0 N–H and O–H groups in total. The van der Waals surface area contributed by atoms with Gasteiger partial charge < -0.3 is 0 Å². The van der Waals surface area contributed by atoms with E-state index in [0.29, 0.717) is 5.92 Å². The number of unbranched alkanes of at least 4 members (excludes halogenated alkanes) is 82. The third kappa shape index (κ3) is 88.0. The van der Waals surface area contributed by atoms with Crippen LogP contribution in [0.1, 0.15) is 637 Å². The van der Waals surface area contributed by atoms with E-state index in [0.717, 1.165) is 29.6 Å². The molecule has 0 heterocycles. The Morgan fingerprint density at radius 1 is 0.176 bits per heavy atom. The van der Waals surface area contributed by atoms with Crippen molar-refractivity contribution < 1.29 is 0 Å². The van der Waals surface area contributed by atoms with Crippen LogP contribution in [-0.2, 0) is 0 Å². The van der Waals surface area contributed by atoms with Crippen molar-refractivity contribution in [3.05, 3.63) is 88.1 Å². The summed E-state index contributed by atoms with van der Waals surface area (Å²) in [6.07, 6.45) is 152. The van der Waals surface area contributed by atoms with Gasteiger partial charge in [0.05, 0.1) is 0 Å². The Morgan fingerprint density at radius 3 is 0.538 bits per heavy atom. The van der Waals surface area contributed by atoms with Crippen LogP contribution in [0.4, 0.5) is 0 Å². The van der Waals surface area contributed by atoms with Gasteiger partial charge >= 0.3 is 0 Å². The number of hydrogen-bond acceptors (Lipinski definition) is 0. The third-order valence-corrected chi connectivity index (χ3v) is 28.9. The Bertz CT molecular complexity index is 1960. The van der Waals surface area contributed by atoms with E-state index in [1.54, 1.807) is 0 Å². The van der Waals surface area contributed by atoms with E-state index >= 15 is 0 Å². The molecule has 0 aliphatic carbocycles. The molecule has 0 heteroatoms. The fourth-order valence-corrected chi connectivity index (χ4v) is 21.1. The van der Waals surface area contributed by atoms with Gasteiger partial charge in [0.1, 0.15) is 0 Å². The van der Waals surface area contributed by atoms with E-state index in [2.05, 4.69) is 89.8 Å². The van der Waals surface area contributed by atoms with Gasteiger partial charge in [0, 0.05) is 0 Å². The maximum atomic E-state index is 5.02. The molecule has 0 fully saturated rings. The van der Waals surface area contributed by atoms with Gasteiger partial charge in [-0.25, -0.2) is 0 Å².